The minimum absolute atomic E-state index is 0.0231. The molecule has 9 N–H and O–H groups in total. The number of nitrogens with one attached hydrogen (secondary N) is 4. The Balaban J connectivity index is 0.000000140. The Bertz CT molecular complexity index is 6610. The summed E-state index contributed by atoms with van der Waals surface area (Å²) in [6, 6.07) is 60.4. The average molecular weight is 1900 g/mol. The predicted molar refractivity (Wildman–Crippen MR) is 526 cm³/mol. The molecule has 0 spiro atoms. The van der Waals surface area contributed by atoms with Crippen molar-refractivity contribution in [2.24, 2.45) is 0 Å². The minimum Gasteiger partial charge on any atom is -0.480 e. The van der Waals surface area contributed by atoms with Gasteiger partial charge < -0.3 is 73.6 Å². The number of thiocarbonyl (C=S) groups is 2. The number of hydrogen-bond donors (Lipinski definition) is 7. The summed E-state index contributed by atoms with van der Waals surface area (Å²) in [5.41, 5.74) is 18.8. The first-order chi connectivity index (χ1) is 66.1. The highest BCUT2D eigenvalue weighted by Crippen LogP contribution is 2.41. The molecule has 3 aliphatic carbocycles. The van der Waals surface area contributed by atoms with Crippen molar-refractivity contribution in [2.45, 2.75) is 165 Å². The van der Waals surface area contributed by atoms with Crippen LogP contribution in [-0.4, -0.2) is 131 Å². The number of nitrogens with zero attached hydrogens (tertiary/aromatic N) is 6. The summed E-state index contributed by atoms with van der Waals surface area (Å²) >= 11 is 12.2. The number of amides is 4. The highest BCUT2D eigenvalue weighted by Gasteiger charge is 2.32. The summed E-state index contributed by atoms with van der Waals surface area (Å²) in [6.07, 6.45) is 31.5. The number of thioether (sulfide) groups is 2. The van der Waals surface area contributed by atoms with Crippen LogP contribution in [0.4, 0.5) is 0 Å². The molecule has 2 saturated heterocycles. The fourth-order valence-corrected chi connectivity index (χ4v) is 19.0. The molecule has 8 aromatic carbocycles. The zero-order valence-corrected chi connectivity index (χ0v) is 77.4. The van der Waals surface area contributed by atoms with Gasteiger partial charge in [0.05, 0.1) is 84.8 Å². The number of carboxylic acids is 2. The molecule has 6 aromatic heterocycles. The maximum atomic E-state index is 13.6. The Morgan fingerprint density at radius 3 is 1.21 bits per heavy atom. The Morgan fingerprint density at radius 2 is 0.853 bits per heavy atom. The third-order valence-corrected chi connectivity index (χ3v) is 26.4. The number of aromatic carboxylic acids is 1. The van der Waals surface area contributed by atoms with Crippen molar-refractivity contribution in [3.63, 3.8) is 0 Å². The largest absolute Gasteiger partial charge is 0.480 e. The second-order valence-corrected chi connectivity index (χ2v) is 36.9. The van der Waals surface area contributed by atoms with Crippen molar-refractivity contribution in [2.75, 3.05) is 5.75 Å². The first-order valence-corrected chi connectivity index (χ1v) is 47.6. The molecule has 14 aromatic rings. The standard InChI is InChI=1S/C35H33N3O5.C31H28N4O5S2.C18H18N2O3.C17H17NO3.C3H3NOS2/c39-21-25-13-11-24(12-14-25)19-31(35(41)43-22-26-7-3-1-4-8-26)37-34(40)27-15-16-32-30(20-27)36-33(28-17-18-42-23-28)38(32)29-9-5-2-6-10-29;36-28(33-24(30(38)39)14-18-6-8-19(9-7-18)15-26-29(37)34-31(41)42-26)20-10-11-25-23(16-20)32-27(21-12-13-40-17-21)35(25)22-4-2-1-3-5-22;21-18(22)12-6-7-16-15(10-12)19-17(13-8-9-23-11-13)20(16)14-4-2-1-3-5-14;18-16(10-13-6-8-14(11-19)9-7-13)17(20)21-12-15-4-2-1-3-5-15;5-2-1-7-3(6)4-2/h1,3-4,7-8,11-18,20-21,23,29,31H,2,5-6,9-10,19,22H2,(H,37,40);6-13,15-17,22,24H,1-5,14H2,(H,33,36)(H,38,39)(H,34,37,41);6-11,14H,1-5H2,(H,21,22);1-9,11,16H,10,12,18H2;1H2,(H,4,5,6)/p+1/b;26-15-;;;/t31-;24-;;16-;/m00.0./s1. The number of carbonyl (C=O) groups is 10. The van der Waals surface area contributed by atoms with Gasteiger partial charge in [0.15, 0.2) is 6.04 Å². The maximum Gasteiger partial charge on any atom is 0.365 e. The molecule has 32 heteroatoms. The second kappa shape index (κ2) is 46.6. The van der Waals surface area contributed by atoms with Gasteiger partial charge >= 0.3 is 23.9 Å². The SMILES string of the molecule is O=C(O)c1ccc2c(c1)nc(-c1ccoc1)n2C1CCCCC1.O=C1CSC(=S)N1.O=C1NC(=S)S/C1=C\c1ccc(C[C@H](NC(=O)c2ccc3c(c2)nc(-c2ccoc2)n3C2CCCCC2)C(=O)O)cc1.O=Cc1ccc(C[C@H](NC(=O)c2ccc3c(c2)nc(-c2ccoc2)n3C2CCCCC2)C(=O)OCc2ccccc2)cc1.[NH3+][C@@H](Cc1ccc(C=O)cc1)C(=O)OCc1ccccc1. The van der Waals surface area contributed by atoms with Crippen LogP contribution >= 0.6 is 48.0 Å². The number of aldehydes is 2. The molecule has 19 rings (SSSR count). The van der Waals surface area contributed by atoms with Crippen LogP contribution in [0.25, 0.3) is 73.3 Å². The van der Waals surface area contributed by atoms with E-state index in [1.807, 2.05) is 109 Å². The normalized spacial score (nSPS) is 15.5. The van der Waals surface area contributed by atoms with E-state index in [1.165, 1.54) is 68.5 Å². The summed E-state index contributed by atoms with van der Waals surface area (Å²) in [6.45, 7) is 0.354. The molecule has 0 radical (unpaired) electrons. The van der Waals surface area contributed by atoms with Crippen molar-refractivity contribution in [3.8, 4) is 34.2 Å². The van der Waals surface area contributed by atoms with E-state index in [-0.39, 0.29) is 49.4 Å². The molecule has 4 amide bonds. The zero-order valence-electron chi connectivity index (χ0n) is 74.2. The number of aromatic nitrogens is 6. The lowest BCUT2D eigenvalue weighted by atomic mass is 9.95. The first kappa shape index (κ1) is 96.3. The third kappa shape index (κ3) is 25.2. The number of rotatable bonds is 27. The fourth-order valence-electron chi connectivity index (χ4n) is 17.1. The average Bonchev–Trinajstić information content (AvgIpc) is 1.62. The highest BCUT2D eigenvalue weighted by molar-refractivity contribution is 8.27. The van der Waals surface area contributed by atoms with Crippen LogP contribution in [0.15, 0.2) is 262 Å². The number of furan rings is 3. The van der Waals surface area contributed by atoms with Crippen molar-refractivity contribution in [1.29, 1.82) is 0 Å². The number of ether oxygens (including phenoxy) is 2. The molecule has 2 aliphatic heterocycles. The van der Waals surface area contributed by atoms with Crippen LogP contribution in [0.3, 0.4) is 0 Å². The molecule has 5 fully saturated rings. The van der Waals surface area contributed by atoms with E-state index in [1.54, 1.807) is 141 Å². The number of imidazole rings is 3. The lowest BCUT2D eigenvalue weighted by Crippen LogP contribution is -2.66. The topological polar surface area (TPSA) is 398 Å². The van der Waals surface area contributed by atoms with Crippen LogP contribution in [0.1, 0.15) is 200 Å². The summed E-state index contributed by atoms with van der Waals surface area (Å²) in [7, 11) is 0. The van der Waals surface area contributed by atoms with Crippen molar-refractivity contribution < 1.29 is 86.6 Å². The smallest absolute Gasteiger partial charge is 0.365 e. The summed E-state index contributed by atoms with van der Waals surface area (Å²) in [5, 5.41) is 29.7. The Hall–Kier alpha value is -14.3. The number of benzene rings is 8. The van der Waals surface area contributed by atoms with Gasteiger partial charge in [0.1, 0.15) is 82.8 Å². The Labute approximate surface area is 802 Å². The molecule has 28 nitrogen and oxygen atoms in total. The molecule has 0 unspecified atom stereocenters. The van der Waals surface area contributed by atoms with Gasteiger partial charge in [0.25, 0.3) is 17.7 Å². The van der Waals surface area contributed by atoms with Gasteiger partial charge in [0, 0.05) is 59.6 Å². The van der Waals surface area contributed by atoms with Gasteiger partial charge in [0.2, 0.25) is 5.91 Å². The van der Waals surface area contributed by atoms with Gasteiger partial charge in [-0.2, -0.15) is 0 Å². The monoisotopic (exact) mass is 1900 g/mol. The number of aliphatic carboxylic acids is 1. The number of carbonyl (C=O) groups excluding carboxylic acids is 8. The number of carboxylic acid groups (broad SMARTS) is 2. The quantitative estimate of drug-likeness (QED) is 0.0109. The highest BCUT2D eigenvalue weighted by atomic mass is 32.2. The molecule has 136 heavy (non-hydrogen) atoms. The van der Waals surface area contributed by atoms with E-state index in [2.05, 4.69) is 52.9 Å². The molecule has 3 saturated carbocycles. The lowest BCUT2D eigenvalue weighted by molar-refractivity contribution is -0.408. The van der Waals surface area contributed by atoms with Crippen molar-refractivity contribution >= 4 is 156 Å². The third-order valence-electron chi connectivity index (χ3n) is 24.1. The maximum absolute atomic E-state index is 13.6. The van der Waals surface area contributed by atoms with Gasteiger partial charge in [-0.25, -0.2) is 34.1 Å². The predicted octanol–water partition coefficient (Wildman–Crippen LogP) is 18.4. The molecular formula is C104H100N11O17S4+. The zero-order chi connectivity index (χ0) is 95.0. The minimum atomic E-state index is -1.13. The van der Waals surface area contributed by atoms with Gasteiger partial charge in [-0.05, 0) is 151 Å². The van der Waals surface area contributed by atoms with Gasteiger partial charge in [-0.1, -0.05) is 239 Å². The van der Waals surface area contributed by atoms with Crippen LogP contribution in [0.2, 0.25) is 0 Å². The number of quaternary nitrogens is 1. The molecule has 696 valence electrons. The van der Waals surface area contributed by atoms with Gasteiger partial charge in [-0.15, -0.1) is 0 Å². The molecule has 3 atom stereocenters. The van der Waals surface area contributed by atoms with Crippen LogP contribution < -0.4 is 27.0 Å². The van der Waals surface area contributed by atoms with E-state index in [4.69, 9.17) is 49.9 Å². The van der Waals surface area contributed by atoms with Crippen LogP contribution in [0.5, 0.6) is 0 Å². The first-order valence-electron chi connectivity index (χ1n) is 45.0. The second-order valence-electron chi connectivity index (χ2n) is 33.6. The van der Waals surface area contributed by atoms with E-state index >= 15 is 0 Å². The number of esters is 2. The lowest BCUT2D eigenvalue weighted by Gasteiger charge is -2.25. The molecule has 5 aliphatic rings. The van der Waals surface area contributed by atoms with E-state index < -0.39 is 47.8 Å². The van der Waals surface area contributed by atoms with Crippen LogP contribution in [-0.2, 0) is 65.9 Å². The van der Waals surface area contributed by atoms with E-state index in [0.29, 0.717) is 77.1 Å². The molecule has 8 heterocycles. The number of fused-ring (bicyclic) bond motifs is 3. The fraction of sp³-hybridized carbons (Fsp3) is 0.260. The molecular weight excluding hydrogens is 1800 g/mol. The van der Waals surface area contributed by atoms with Crippen LogP contribution in [0, 0.1) is 0 Å². The number of hydrogen-bond acceptors (Lipinski definition) is 22. The Kier molecular flexibility index (Phi) is 33.0. The summed E-state index contributed by atoms with van der Waals surface area (Å²) < 4.78 is 34.6. The summed E-state index contributed by atoms with van der Waals surface area (Å²) in [4.78, 5) is 134. The Morgan fingerprint density at radius 1 is 0.463 bits per heavy atom. The van der Waals surface area contributed by atoms with E-state index in [0.717, 1.165) is 154 Å². The molecule has 0 bridgehead atoms. The summed E-state index contributed by atoms with van der Waals surface area (Å²) in [5.74, 6) is -1.02. The van der Waals surface area contributed by atoms with Crippen molar-refractivity contribution in [3.05, 3.63) is 310 Å². The van der Waals surface area contributed by atoms with Gasteiger partial charge in [-0.3, -0.25) is 28.8 Å². The van der Waals surface area contributed by atoms with Crippen molar-refractivity contribution in [1.82, 2.24) is 49.9 Å². The van der Waals surface area contributed by atoms with E-state index in [9.17, 15) is 58.2 Å².